The minimum absolute atomic E-state index is 0.0621. The molecule has 0 aromatic heterocycles. The van der Waals surface area contributed by atoms with Crippen LogP contribution in [0, 0.1) is 17.1 Å². The van der Waals surface area contributed by atoms with Crippen molar-refractivity contribution < 1.29 is 9.18 Å². The lowest BCUT2D eigenvalue weighted by atomic mass is 9.99. The molecule has 1 aliphatic heterocycles. The summed E-state index contributed by atoms with van der Waals surface area (Å²) in [6, 6.07) is 5.83. The summed E-state index contributed by atoms with van der Waals surface area (Å²) in [7, 11) is 1.60. The van der Waals surface area contributed by atoms with Crippen molar-refractivity contribution in [1.29, 1.82) is 5.26 Å². The third-order valence-electron chi connectivity index (χ3n) is 3.44. The Morgan fingerprint density at radius 3 is 3.00 bits per heavy atom. The number of amides is 1. The molecule has 0 radical (unpaired) electrons. The van der Waals surface area contributed by atoms with Gasteiger partial charge in [0, 0.05) is 13.6 Å². The Kier molecular flexibility index (Phi) is 4.00. The second kappa shape index (κ2) is 5.70. The molecule has 1 fully saturated rings. The fourth-order valence-corrected chi connectivity index (χ4v) is 2.51. The van der Waals surface area contributed by atoms with E-state index >= 15 is 0 Å². The smallest absolute Gasteiger partial charge is 0.242 e. The van der Waals surface area contributed by atoms with E-state index in [1.54, 1.807) is 13.1 Å². The molecular weight excluding hydrogens is 245 g/mol. The van der Waals surface area contributed by atoms with E-state index in [4.69, 9.17) is 5.26 Å². The molecule has 100 valence electrons. The first kappa shape index (κ1) is 13.3. The predicted molar refractivity (Wildman–Crippen MR) is 70.2 cm³/mol. The Hall–Kier alpha value is -2.09. The van der Waals surface area contributed by atoms with Gasteiger partial charge in [-0.3, -0.25) is 4.79 Å². The number of piperidine rings is 1. The molecule has 0 bridgehead atoms. The molecule has 1 amide bonds. The Bertz CT molecular complexity index is 524. The minimum atomic E-state index is -0.436. The van der Waals surface area contributed by atoms with Crippen LogP contribution in [0.3, 0.4) is 0 Å². The molecular formula is C14H16FN3O. The molecule has 1 aliphatic rings. The average Bonchev–Trinajstić information content (AvgIpc) is 2.46. The molecule has 1 aromatic rings. The fourth-order valence-electron chi connectivity index (χ4n) is 2.51. The molecule has 5 heteroatoms. The summed E-state index contributed by atoms with van der Waals surface area (Å²) in [5, 5.41) is 11.8. The summed E-state index contributed by atoms with van der Waals surface area (Å²) in [6.07, 6.45) is 2.70. The predicted octanol–water partition coefficient (Wildman–Crippen LogP) is 1.80. The Morgan fingerprint density at radius 2 is 2.32 bits per heavy atom. The van der Waals surface area contributed by atoms with Crippen LogP contribution in [0.25, 0.3) is 0 Å². The zero-order valence-corrected chi connectivity index (χ0v) is 10.8. The van der Waals surface area contributed by atoms with Gasteiger partial charge < -0.3 is 10.2 Å². The van der Waals surface area contributed by atoms with Crippen LogP contribution in [-0.4, -0.2) is 25.5 Å². The van der Waals surface area contributed by atoms with E-state index in [1.807, 2.05) is 11.0 Å². The number of rotatable bonds is 2. The molecule has 4 nitrogen and oxygen atoms in total. The van der Waals surface area contributed by atoms with E-state index in [9.17, 15) is 9.18 Å². The number of carbonyl (C=O) groups excluding carboxylic acids is 1. The van der Waals surface area contributed by atoms with E-state index in [-0.39, 0.29) is 17.5 Å². The van der Waals surface area contributed by atoms with Crippen LogP contribution in [0.2, 0.25) is 0 Å². The summed E-state index contributed by atoms with van der Waals surface area (Å²) in [5.41, 5.74) is 0.910. The number of carbonyl (C=O) groups is 1. The lowest BCUT2D eigenvalue weighted by molar-refractivity contribution is -0.122. The van der Waals surface area contributed by atoms with Gasteiger partial charge in [-0.25, -0.2) is 4.39 Å². The van der Waals surface area contributed by atoms with Gasteiger partial charge in [0.15, 0.2) is 0 Å². The monoisotopic (exact) mass is 261 g/mol. The molecule has 1 heterocycles. The number of halogens is 1. The zero-order chi connectivity index (χ0) is 13.8. The Morgan fingerprint density at radius 1 is 1.53 bits per heavy atom. The molecule has 0 saturated carbocycles. The molecule has 0 aliphatic carbocycles. The minimum Gasteiger partial charge on any atom is -0.358 e. The third-order valence-corrected chi connectivity index (χ3v) is 3.44. The summed E-state index contributed by atoms with van der Waals surface area (Å²) in [6.45, 7) is 0.707. The van der Waals surface area contributed by atoms with Crippen LogP contribution in [-0.2, 0) is 4.79 Å². The van der Waals surface area contributed by atoms with Gasteiger partial charge in [-0.1, -0.05) is 0 Å². The highest BCUT2D eigenvalue weighted by atomic mass is 19.1. The van der Waals surface area contributed by atoms with Crippen LogP contribution in [0.4, 0.5) is 10.1 Å². The first-order valence-corrected chi connectivity index (χ1v) is 6.35. The Labute approximate surface area is 111 Å². The number of anilines is 1. The van der Waals surface area contributed by atoms with Gasteiger partial charge in [-0.15, -0.1) is 0 Å². The lowest BCUT2D eigenvalue weighted by Gasteiger charge is -2.36. The maximum Gasteiger partial charge on any atom is 0.242 e. The van der Waals surface area contributed by atoms with Gasteiger partial charge in [0.05, 0.1) is 11.3 Å². The number of hydrogen-bond donors (Lipinski definition) is 1. The van der Waals surface area contributed by atoms with Crippen molar-refractivity contribution in [2.75, 3.05) is 18.5 Å². The van der Waals surface area contributed by atoms with Gasteiger partial charge in [-0.05, 0) is 37.5 Å². The first-order chi connectivity index (χ1) is 9.17. The lowest BCUT2D eigenvalue weighted by Crippen LogP contribution is -2.49. The van der Waals surface area contributed by atoms with Crippen LogP contribution >= 0.6 is 0 Å². The number of nitriles is 1. The largest absolute Gasteiger partial charge is 0.358 e. The van der Waals surface area contributed by atoms with Crippen molar-refractivity contribution in [2.45, 2.75) is 25.3 Å². The maximum absolute atomic E-state index is 13.2. The van der Waals surface area contributed by atoms with Crippen molar-refractivity contribution in [1.82, 2.24) is 5.32 Å². The van der Waals surface area contributed by atoms with E-state index < -0.39 is 5.82 Å². The Balaban J connectivity index is 2.38. The van der Waals surface area contributed by atoms with E-state index in [0.29, 0.717) is 12.2 Å². The highest BCUT2D eigenvalue weighted by Crippen LogP contribution is 2.28. The summed E-state index contributed by atoms with van der Waals surface area (Å²) >= 11 is 0. The third kappa shape index (κ3) is 2.68. The van der Waals surface area contributed by atoms with Crippen LogP contribution < -0.4 is 10.2 Å². The normalized spacial score (nSPS) is 18.8. The number of nitrogens with one attached hydrogen (secondary N) is 1. The highest BCUT2D eigenvalue weighted by molar-refractivity contribution is 5.85. The fraction of sp³-hybridized carbons (Fsp3) is 0.429. The SMILES string of the molecule is CNC(=O)C1CCCCN1c1ccc(F)cc1C#N. The summed E-state index contributed by atoms with van der Waals surface area (Å²) < 4.78 is 13.2. The molecule has 1 N–H and O–H groups in total. The van der Waals surface area contributed by atoms with Gasteiger partial charge in [0.2, 0.25) is 5.91 Å². The topological polar surface area (TPSA) is 56.1 Å². The second-order valence-electron chi connectivity index (χ2n) is 4.59. The number of hydrogen-bond acceptors (Lipinski definition) is 3. The quantitative estimate of drug-likeness (QED) is 0.883. The first-order valence-electron chi connectivity index (χ1n) is 6.35. The molecule has 0 spiro atoms. The standard InChI is InChI=1S/C14H16FN3O/c1-17-14(19)13-4-2-3-7-18(13)12-6-5-11(15)8-10(12)9-16/h5-6,8,13H,2-4,7H2,1H3,(H,17,19). The maximum atomic E-state index is 13.2. The van der Waals surface area contributed by atoms with Crippen LogP contribution in [0.1, 0.15) is 24.8 Å². The average molecular weight is 261 g/mol. The van der Waals surface area contributed by atoms with Crippen LogP contribution in [0.15, 0.2) is 18.2 Å². The van der Waals surface area contributed by atoms with Crippen LogP contribution in [0.5, 0.6) is 0 Å². The van der Waals surface area contributed by atoms with Gasteiger partial charge in [-0.2, -0.15) is 5.26 Å². The molecule has 19 heavy (non-hydrogen) atoms. The molecule has 1 unspecified atom stereocenters. The highest BCUT2D eigenvalue weighted by Gasteiger charge is 2.29. The number of likely N-dealkylation sites (N-methyl/N-ethyl adjacent to an activating group) is 1. The van der Waals surface area contributed by atoms with Gasteiger partial charge in [0.1, 0.15) is 17.9 Å². The number of benzene rings is 1. The van der Waals surface area contributed by atoms with Crippen molar-refractivity contribution in [2.24, 2.45) is 0 Å². The van der Waals surface area contributed by atoms with Crippen molar-refractivity contribution >= 4 is 11.6 Å². The zero-order valence-electron chi connectivity index (χ0n) is 10.8. The van der Waals surface area contributed by atoms with E-state index in [2.05, 4.69) is 5.32 Å². The number of nitrogens with zero attached hydrogens (tertiary/aromatic N) is 2. The van der Waals surface area contributed by atoms with E-state index in [0.717, 1.165) is 19.3 Å². The van der Waals surface area contributed by atoms with Crippen molar-refractivity contribution in [3.8, 4) is 6.07 Å². The van der Waals surface area contributed by atoms with Gasteiger partial charge in [0.25, 0.3) is 0 Å². The van der Waals surface area contributed by atoms with E-state index in [1.165, 1.54) is 12.1 Å². The molecule has 1 aromatic carbocycles. The molecule has 1 saturated heterocycles. The second-order valence-corrected chi connectivity index (χ2v) is 4.59. The van der Waals surface area contributed by atoms with Crippen molar-refractivity contribution in [3.63, 3.8) is 0 Å². The summed E-state index contributed by atoms with van der Waals surface area (Å²) in [5.74, 6) is -0.498. The van der Waals surface area contributed by atoms with Gasteiger partial charge >= 0.3 is 0 Å². The molecule has 1 atom stereocenters. The van der Waals surface area contributed by atoms with Crippen molar-refractivity contribution in [3.05, 3.63) is 29.6 Å². The summed E-state index contributed by atoms with van der Waals surface area (Å²) in [4.78, 5) is 13.8. The molecule has 2 rings (SSSR count).